The summed E-state index contributed by atoms with van der Waals surface area (Å²) < 4.78 is 5.08. The zero-order valence-corrected chi connectivity index (χ0v) is 10.9. The summed E-state index contributed by atoms with van der Waals surface area (Å²) >= 11 is 0. The van der Waals surface area contributed by atoms with Crippen LogP contribution in [0.1, 0.15) is 31.0 Å². The van der Waals surface area contributed by atoms with E-state index in [1.807, 2.05) is 45.0 Å². The number of esters is 1. The third-order valence-corrected chi connectivity index (χ3v) is 3.15. The van der Waals surface area contributed by atoms with Crippen molar-refractivity contribution in [1.82, 2.24) is 4.98 Å². The second-order valence-electron chi connectivity index (χ2n) is 4.31. The number of carbonyl (C=O) groups is 1. The van der Waals surface area contributed by atoms with E-state index in [0.717, 1.165) is 22.0 Å². The molecule has 3 heteroatoms. The summed E-state index contributed by atoms with van der Waals surface area (Å²) in [6.45, 7) is 6.08. The van der Waals surface area contributed by atoms with Crippen LogP contribution in [-0.4, -0.2) is 17.6 Å². The molecule has 0 N–H and O–H groups in total. The molecule has 2 rings (SSSR count). The van der Waals surface area contributed by atoms with Gasteiger partial charge in [0.15, 0.2) is 0 Å². The first-order valence-electron chi connectivity index (χ1n) is 6.16. The fourth-order valence-electron chi connectivity index (χ4n) is 2.15. The highest BCUT2D eigenvalue weighted by Crippen LogP contribution is 2.27. The SMILES string of the molecule is CCOC(=O)C(C)c1cccc2c(C)nccc12. The molecule has 3 nitrogen and oxygen atoms in total. The van der Waals surface area contributed by atoms with Crippen LogP contribution in [-0.2, 0) is 9.53 Å². The number of hydrogen-bond donors (Lipinski definition) is 0. The van der Waals surface area contributed by atoms with Crippen molar-refractivity contribution in [3.8, 4) is 0 Å². The Labute approximate surface area is 107 Å². The lowest BCUT2D eigenvalue weighted by atomic mass is 9.95. The zero-order valence-electron chi connectivity index (χ0n) is 10.9. The van der Waals surface area contributed by atoms with Crippen molar-refractivity contribution >= 4 is 16.7 Å². The Balaban J connectivity index is 2.51. The highest BCUT2D eigenvalue weighted by molar-refractivity contribution is 5.92. The average molecular weight is 243 g/mol. The predicted molar refractivity (Wildman–Crippen MR) is 71.5 cm³/mol. The van der Waals surface area contributed by atoms with Gasteiger partial charge >= 0.3 is 5.97 Å². The van der Waals surface area contributed by atoms with Gasteiger partial charge in [0.2, 0.25) is 0 Å². The molecule has 2 aromatic rings. The molecule has 18 heavy (non-hydrogen) atoms. The second kappa shape index (κ2) is 5.17. The Hall–Kier alpha value is -1.90. The van der Waals surface area contributed by atoms with E-state index in [-0.39, 0.29) is 11.9 Å². The van der Waals surface area contributed by atoms with E-state index in [9.17, 15) is 4.79 Å². The summed E-state index contributed by atoms with van der Waals surface area (Å²) in [5, 5.41) is 2.16. The van der Waals surface area contributed by atoms with Crippen LogP contribution in [0.2, 0.25) is 0 Å². The number of nitrogens with zero attached hydrogens (tertiary/aromatic N) is 1. The fourth-order valence-corrected chi connectivity index (χ4v) is 2.15. The van der Waals surface area contributed by atoms with Gasteiger partial charge in [-0.25, -0.2) is 0 Å². The predicted octanol–water partition coefficient (Wildman–Crippen LogP) is 3.21. The summed E-state index contributed by atoms with van der Waals surface area (Å²) in [4.78, 5) is 16.1. The van der Waals surface area contributed by atoms with Crippen molar-refractivity contribution in [1.29, 1.82) is 0 Å². The van der Waals surface area contributed by atoms with Crippen molar-refractivity contribution in [2.45, 2.75) is 26.7 Å². The summed E-state index contributed by atoms with van der Waals surface area (Å²) in [7, 11) is 0. The largest absolute Gasteiger partial charge is 0.466 e. The smallest absolute Gasteiger partial charge is 0.313 e. The van der Waals surface area contributed by atoms with E-state index in [1.54, 1.807) is 6.20 Å². The minimum Gasteiger partial charge on any atom is -0.466 e. The van der Waals surface area contributed by atoms with Gasteiger partial charge in [-0.05, 0) is 37.8 Å². The molecule has 0 spiro atoms. The van der Waals surface area contributed by atoms with E-state index in [4.69, 9.17) is 4.74 Å². The third kappa shape index (κ3) is 2.21. The quantitative estimate of drug-likeness (QED) is 0.777. The fraction of sp³-hybridized carbons (Fsp3) is 0.333. The van der Waals surface area contributed by atoms with Gasteiger partial charge in [-0.1, -0.05) is 18.2 Å². The molecular formula is C15H17NO2. The first-order chi connectivity index (χ1) is 8.65. The number of ether oxygens (including phenoxy) is 1. The summed E-state index contributed by atoms with van der Waals surface area (Å²) in [6.07, 6.45) is 1.78. The van der Waals surface area contributed by atoms with Crippen LogP contribution in [0.15, 0.2) is 30.5 Å². The second-order valence-corrected chi connectivity index (χ2v) is 4.31. The molecule has 0 bridgehead atoms. The molecule has 1 aromatic carbocycles. The van der Waals surface area contributed by atoms with E-state index >= 15 is 0 Å². The summed E-state index contributed by atoms with van der Waals surface area (Å²) in [5.41, 5.74) is 1.97. The normalized spacial score (nSPS) is 12.4. The molecule has 0 fully saturated rings. The Morgan fingerprint density at radius 3 is 2.83 bits per heavy atom. The Kier molecular flexibility index (Phi) is 3.60. The van der Waals surface area contributed by atoms with Crippen LogP contribution in [0.25, 0.3) is 10.8 Å². The van der Waals surface area contributed by atoms with Gasteiger partial charge in [-0.2, -0.15) is 0 Å². The Bertz CT molecular complexity index is 578. The minimum absolute atomic E-state index is 0.181. The van der Waals surface area contributed by atoms with Gasteiger partial charge < -0.3 is 4.74 Å². The first kappa shape index (κ1) is 12.6. The summed E-state index contributed by atoms with van der Waals surface area (Å²) in [5.74, 6) is -0.435. The maximum absolute atomic E-state index is 11.8. The van der Waals surface area contributed by atoms with Gasteiger partial charge in [0.1, 0.15) is 0 Å². The molecule has 1 unspecified atom stereocenters. The van der Waals surface area contributed by atoms with E-state index in [0.29, 0.717) is 6.61 Å². The van der Waals surface area contributed by atoms with Crippen LogP contribution in [0.5, 0.6) is 0 Å². The number of aromatic nitrogens is 1. The zero-order chi connectivity index (χ0) is 13.1. The highest BCUT2D eigenvalue weighted by atomic mass is 16.5. The molecule has 0 saturated carbocycles. The lowest BCUT2D eigenvalue weighted by Crippen LogP contribution is -2.13. The first-order valence-corrected chi connectivity index (χ1v) is 6.16. The molecular weight excluding hydrogens is 226 g/mol. The summed E-state index contributed by atoms with van der Waals surface area (Å²) in [6, 6.07) is 7.91. The van der Waals surface area contributed by atoms with E-state index < -0.39 is 0 Å². The molecule has 0 aliphatic rings. The van der Waals surface area contributed by atoms with Crippen molar-refractivity contribution < 1.29 is 9.53 Å². The topological polar surface area (TPSA) is 39.2 Å². The third-order valence-electron chi connectivity index (χ3n) is 3.15. The van der Waals surface area contributed by atoms with Crippen LogP contribution >= 0.6 is 0 Å². The van der Waals surface area contributed by atoms with Gasteiger partial charge in [0.05, 0.1) is 12.5 Å². The lowest BCUT2D eigenvalue weighted by Gasteiger charge is -2.14. The lowest BCUT2D eigenvalue weighted by molar-refractivity contribution is -0.144. The van der Waals surface area contributed by atoms with Crippen LogP contribution in [0, 0.1) is 6.92 Å². The van der Waals surface area contributed by atoms with Gasteiger partial charge in [0.25, 0.3) is 0 Å². The number of fused-ring (bicyclic) bond motifs is 1. The van der Waals surface area contributed by atoms with Crippen molar-refractivity contribution in [3.05, 3.63) is 41.7 Å². The van der Waals surface area contributed by atoms with Gasteiger partial charge in [0, 0.05) is 17.3 Å². The van der Waals surface area contributed by atoms with Crippen molar-refractivity contribution in [2.24, 2.45) is 0 Å². The molecule has 1 heterocycles. The standard InChI is InChI=1S/C15H17NO2/c1-4-18-15(17)10(2)12-6-5-7-13-11(3)16-9-8-14(12)13/h5-10H,4H2,1-3H3. The minimum atomic E-state index is -0.254. The molecule has 0 radical (unpaired) electrons. The molecule has 0 aliphatic heterocycles. The Morgan fingerprint density at radius 1 is 1.33 bits per heavy atom. The van der Waals surface area contributed by atoms with Crippen molar-refractivity contribution in [3.63, 3.8) is 0 Å². The van der Waals surface area contributed by atoms with Crippen LogP contribution in [0.3, 0.4) is 0 Å². The number of aryl methyl sites for hydroxylation is 1. The van der Waals surface area contributed by atoms with E-state index in [1.165, 1.54) is 0 Å². The number of benzene rings is 1. The number of carbonyl (C=O) groups excluding carboxylic acids is 1. The van der Waals surface area contributed by atoms with Gasteiger partial charge in [-0.15, -0.1) is 0 Å². The maximum atomic E-state index is 11.8. The molecule has 0 amide bonds. The highest BCUT2D eigenvalue weighted by Gasteiger charge is 2.18. The molecule has 1 atom stereocenters. The monoisotopic (exact) mass is 243 g/mol. The van der Waals surface area contributed by atoms with Gasteiger partial charge in [-0.3, -0.25) is 9.78 Å². The molecule has 0 aliphatic carbocycles. The molecule has 94 valence electrons. The number of hydrogen-bond acceptors (Lipinski definition) is 3. The number of rotatable bonds is 3. The van der Waals surface area contributed by atoms with E-state index in [2.05, 4.69) is 4.98 Å². The number of pyridine rings is 1. The van der Waals surface area contributed by atoms with Crippen molar-refractivity contribution in [2.75, 3.05) is 6.61 Å². The van der Waals surface area contributed by atoms with Crippen LogP contribution < -0.4 is 0 Å². The van der Waals surface area contributed by atoms with Crippen LogP contribution in [0.4, 0.5) is 0 Å². The molecule has 1 aromatic heterocycles. The Morgan fingerprint density at radius 2 is 2.11 bits per heavy atom. The molecule has 0 saturated heterocycles. The average Bonchev–Trinajstić information content (AvgIpc) is 2.38. The maximum Gasteiger partial charge on any atom is 0.313 e.